The molecule has 154 valence electrons. The molecule has 11 heteroatoms. The van der Waals surface area contributed by atoms with E-state index in [9.17, 15) is 18.0 Å². The Bertz CT molecular complexity index is 1210. The minimum absolute atomic E-state index is 0.0494. The molecule has 3 aromatic rings. The van der Waals surface area contributed by atoms with Gasteiger partial charge in [-0.2, -0.15) is 18.3 Å². The van der Waals surface area contributed by atoms with Gasteiger partial charge in [-0.3, -0.25) is 10.2 Å². The summed E-state index contributed by atoms with van der Waals surface area (Å²) >= 11 is 3.34. The van der Waals surface area contributed by atoms with Crippen molar-refractivity contribution in [3.05, 3.63) is 75.9 Å². The minimum atomic E-state index is -4.55. The number of nitrogens with one attached hydrogen (secondary N) is 3. The molecule has 30 heavy (non-hydrogen) atoms. The number of rotatable bonds is 3. The number of imidazole rings is 1. The van der Waals surface area contributed by atoms with Crippen molar-refractivity contribution in [3.63, 3.8) is 0 Å². The second kappa shape index (κ2) is 7.48. The molecule has 0 aliphatic carbocycles. The first-order valence-corrected chi connectivity index (χ1v) is 9.47. The van der Waals surface area contributed by atoms with E-state index in [1.807, 2.05) is 0 Å². The van der Waals surface area contributed by atoms with Gasteiger partial charge in [0, 0.05) is 11.8 Å². The number of hydrogen-bond donors (Lipinski definition) is 3. The lowest BCUT2D eigenvalue weighted by atomic mass is 10.0. The molecule has 1 aliphatic rings. The van der Waals surface area contributed by atoms with Crippen LogP contribution in [0.5, 0.6) is 0 Å². The fourth-order valence-electron chi connectivity index (χ4n) is 3.05. The van der Waals surface area contributed by atoms with Gasteiger partial charge in [0.2, 0.25) is 0 Å². The summed E-state index contributed by atoms with van der Waals surface area (Å²) < 4.78 is 42.1. The first-order chi connectivity index (χ1) is 14.3. The highest BCUT2D eigenvalue weighted by Gasteiger charge is 2.34. The molecule has 0 saturated carbocycles. The quantitative estimate of drug-likeness (QED) is 0.534. The van der Waals surface area contributed by atoms with Gasteiger partial charge in [-0.25, -0.2) is 9.50 Å². The molecule has 1 aliphatic heterocycles. The predicted molar refractivity (Wildman–Crippen MR) is 107 cm³/mol. The summed E-state index contributed by atoms with van der Waals surface area (Å²) in [5, 5.41) is 6.98. The third-order valence-corrected chi connectivity index (χ3v) is 4.92. The number of aromatic nitrogens is 3. The molecule has 0 fully saturated rings. The first kappa shape index (κ1) is 20.0. The highest BCUT2D eigenvalue weighted by molar-refractivity contribution is 9.10. The SMILES string of the molecule is Cc1nc2c(Br)cc(-c3ccccc3C(F)(F)F)nn2c1C(=O)NC1=CC=CNN1. The summed E-state index contributed by atoms with van der Waals surface area (Å²) in [7, 11) is 0. The van der Waals surface area contributed by atoms with E-state index in [2.05, 4.69) is 42.2 Å². The lowest BCUT2D eigenvalue weighted by Gasteiger charge is -2.15. The topological polar surface area (TPSA) is 83.4 Å². The molecule has 0 spiro atoms. The van der Waals surface area contributed by atoms with Gasteiger partial charge in [-0.15, -0.1) is 0 Å². The number of fused-ring (bicyclic) bond motifs is 1. The van der Waals surface area contributed by atoms with Gasteiger partial charge in [0.25, 0.3) is 5.91 Å². The van der Waals surface area contributed by atoms with Crippen molar-refractivity contribution >= 4 is 27.5 Å². The molecular formula is C19H14BrF3N6O. The molecule has 7 nitrogen and oxygen atoms in total. The van der Waals surface area contributed by atoms with Gasteiger partial charge < -0.3 is 10.7 Å². The van der Waals surface area contributed by atoms with Gasteiger partial charge in [0.15, 0.2) is 11.3 Å². The monoisotopic (exact) mass is 478 g/mol. The van der Waals surface area contributed by atoms with Crippen molar-refractivity contribution < 1.29 is 18.0 Å². The molecule has 3 N–H and O–H groups in total. The smallest absolute Gasteiger partial charge is 0.307 e. The van der Waals surface area contributed by atoms with Crippen LogP contribution in [0.4, 0.5) is 13.2 Å². The van der Waals surface area contributed by atoms with Crippen LogP contribution >= 0.6 is 15.9 Å². The van der Waals surface area contributed by atoms with Crippen molar-refractivity contribution in [1.82, 2.24) is 30.8 Å². The van der Waals surface area contributed by atoms with Crippen LogP contribution in [0.1, 0.15) is 21.7 Å². The van der Waals surface area contributed by atoms with E-state index < -0.39 is 17.6 Å². The van der Waals surface area contributed by atoms with Gasteiger partial charge >= 0.3 is 6.18 Å². The lowest BCUT2D eigenvalue weighted by Crippen LogP contribution is -2.39. The Morgan fingerprint density at radius 3 is 2.73 bits per heavy atom. The predicted octanol–water partition coefficient (Wildman–Crippen LogP) is 3.68. The molecule has 0 bridgehead atoms. The number of halogens is 4. The third kappa shape index (κ3) is 3.63. The van der Waals surface area contributed by atoms with Crippen LogP contribution in [0.25, 0.3) is 16.9 Å². The Hall–Kier alpha value is -3.34. The maximum Gasteiger partial charge on any atom is 0.417 e. The van der Waals surface area contributed by atoms with Crippen molar-refractivity contribution in [1.29, 1.82) is 0 Å². The van der Waals surface area contributed by atoms with Crippen LogP contribution in [-0.2, 0) is 6.18 Å². The molecule has 0 saturated heterocycles. The Balaban J connectivity index is 1.85. The molecule has 1 aromatic carbocycles. The second-order valence-corrected chi connectivity index (χ2v) is 7.22. The minimum Gasteiger partial charge on any atom is -0.307 e. The summed E-state index contributed by atoms with van der Waals surface area (Å²) in [6, 6.07) is 6.59. The fourth-order valence-corrected chi connectivity index (χ4v) is 3.52. The maximum absolute atomic E-state index is 13.5. The number of allylic oxidation sites excluding steroid dienone is 2. The number of carbonyl (C=O) groups excluding carboxylic acids is 1. The number of carbonyl (C=O) groups is 1. The highest BCUT2D eigenvalue weighted by atomic mass is 79.9. The van der Waals surface area contributed by atoms with Crippen LogP contribution < -0.4 is 16.2 Å². The van der Waals surface area contributed by atoms with Gasteiger partial charge in [0.1, 0.15) is 5.82 Å². The summed E-state index contributed by atoms with van der Waals surface area (Å²) in [6.07, 6.45) is 0.415. The van der Waals surface area contributed by atoms with Gasteiger partial charge in [-0.05, 0) is 47.1 Å². The largest absolute Gasteiger partial charge is 0.417 e. The van der Waals surface area contributed by atoms with Crippen LogP contribution in [-0.4, -0.2) is 20.5 Å². The Kier molecular flexibility index (Phi) is 4.98. The van der Waals surface area contributed by atoms with Crippen molar-refractivity contribution in [2.75, 3.05) is 0 Å². The van der Waals surface area contributed by atoms with E-state index >= 15 is 0 Å². The molecule has 4 rings (SSSR count). The average molecular weight is 479 g/mol. The molecule has 1 amide bonds. The van der Waals surface area contributed by atoms with E-state index in [4.69, 9.17) is 0 Å². The second-order valence-electron chi connectivity index (χ2n) is 6.37. The van der Waals surface area contributed by atoms with Crippen molar-refractivity contribution in [3.8, 4) is 11.3 Å². The summed E-state index contributed by atoms with van der Waals surface area (Å²) in [4.78, 5) is 17.2. The Labute approximate surface area is 176 Å². The Morgan fingerprint density at radius 2 is 2.03 bits per heavy atom. The standard InChI is InChI=1S/C19H14BrF3N6O/c1-10-16(18(30)26-15-7-4-8-24-27-15)29-17(25-10)13(20)9-14(28-29)11-5-2-3-6-12(11)19(21,22)23/h2-9,24,27H,1H3,(H,26,30). The molecule has 0 atom stereocenters. The van der Waals surface area contributed by atoms with E-state index in [1.54, 1.807) is 25.3 Å². The van der Waals surface area contributed by atoms with Crippen LogP contribution in [0.15, 0.2) is 59.0 Å². The third-order valence-electron chi connectivity index (χ3n) is 4.33. The molecule has 0 radical (unpaired) electrons. The summed E-state index contributed by atoms with van der Waals surface area (Å²) in [5.41, 5.74) is 5.42. The lowest BCUT2D eigenvalue weighted by molar-refractivity contribution is -0.137. The van der Waals surface area contributed by atoms with Crippen LogP contribution in [0, 0.1) is 6.92 Å². The zero-order valence-corrected chi connectivity index (χ0v) is 17.0. The van der Waals surface area contributed by atoms with Gasteiger partial charge in [0.05, 0.1) is 21.4 Å². The summed E-state index contributed by atoms with van der Waals surface area (Å²) in [5.74, 6) is -0.119. The van der Waals surface area contributed by atoms with Crippen molar-refractivity contribution in [2.45, 2.75) is 13.1 Å². The van der Waals surface area contributed by atoms with E-state index in [0.29, 0.717) is 21.6 Å². The van der Waals surface area contributed by atoms with Crippen LogP contribution in [0.2, 0.25) is 0 Å². The van der Waals surface area contributed by atoms with E-state index in [1.165, 1.54) is 28.8 Å². The maximum atomic E-state index is 13.5. The number of alkyl halides is 3. The van der Waals surface area contributed by atoms with E-state index in [-0.39, 0.29) is 17.0 Å². The number of amides is 1. The number of benzene rings is 1. The summed E-state index contributed by atoms with van der Waals surface area (Å²) in [6.45, 7) is 1.63. The number of hydrazine groups is 1. The first-order valence-electron chi connectivity index (χ1n) is 8.68. The number of nitrogens with zero attached hydrogens (tertiary/aromatic N) is 3. The molecule has 0 unspecified atom stereocenters. The highest BCUT2D eigenvalue weighted by Crippen LogP contribution is 2.37. The zero-order valence-electron chi connectivity index (χ0n) is 15.4. The molecule has 3 heterocycles. The fraction of sp³-hybridized carbons (Fsp3) is 0.105. The Morgan fingerprint density at radius 1 is 1.27 bits per heavy atom. The van der Waals surface area contributed by atoms with E-state index in [0.717, 1.165) is 6.07 Å². The average Bonchev–Trinajstić information content (AvgIpc) is 3.04. The number of aryl methyl sites for hydroxylation is 1. The molecular weight excluding hydrogens is 465 g/mol. The number of hydrogen-bond acceptors (Lipinski definition) is 5. The normalized spacial score (nSPS) is 13.6. The molecule has 2 aromatic heterocycles. The van der Waals surface area contributed by atoms with Crippen LogP contribution in [0.3, 0.4) is 0 Å². The van der Waals surface area contributed by atoms with Gasteiger partial charge in [-0.1, -0.05) is 18.2 Å². The zero-order chi connectivity index (χ0) is 21.5. The van der Waals surface area contributed by atoms with Crippen molar-refractivity contribution in [2.24, 2.45) is 0 Å².